The smallest absolute Gasteiger partial charge is 0.257 e. The van der Waals surface area contributed by atoms with Gasteiger partial charge in [0.25, 0.3) is 5.91 Å². The number of amides is 2. The Labute approximate surface area is 107 Å². The van der Waals surface area contributed by atoms with E-state index >= 15 is 0 Å². The number of nitrogens with zero attached hydrogens (tertiary/aromatic N) is 1. The van der Waals surface area contributed by atoms with Crippen LogP contribution in [0.2, 0.25) is 0 Å². The molecule has 4 nitrogen and oxygen atoms in total. The zero-order valence-corrected chi connectivity index (χ0v) is 10.7. The van der Waals surface area contributed by atoms with E-state index in [9.17, 15) is 9.59 Å². The lowest BCUT2D eigenvalue weighted by Crippen LogP contribution is -2.40. The van der Waals surface area contributed by atoms with Crippen LogP contribution in [0.5, 0.6) is 0 Å². The van der Waals surface area contributed by atoms with Crippen molar-refractivity contribution in [3.63, 3.8) is 0 Å². The number of hydrogen-bond donors (Lipinski definition) is 1. The van der Waals surface area contributed by atoms with Crippen molar-refractivity contribution in [2.75, 3.05) is 11.9 Å². The Morgan fingerprint density at radius 2 is 2.18 bits per heavy atom. The molecule has 2 heterocycles. The summed E-state index contributed by atoms with van der Waals surface area (Å²) in [5.41, 5.74) is 1.16. The molecule has 0 radical (unpaired) electrons. The molecule has 2 aliphatic rings. The molecule has 5 heteroatoms. The number of nitrogens with one attached hydrogen (secondary N) is 1. The molecule has 1 fully saturated rings. The van der Waals surface area contributed by atoms with E-state index in [1.807, 2.05) is 12.1 Å². The molecule has 0 aromatic heterocycles. The van der Waals surface area contributed by atoms with Crippen molar-refractivity contribution in [2.45, 2.75) is 18.9 Å². The topological polar surface area (TPSA) is 49.4 Å². The molecule has 1 N–H and O–H groups in total. The van der Waals surface area contributed by atoms with Gasteiger partial charge in [0.05, 0.1) is 11.3 Å². The maximum absolute atomic E-state index is 12.4. The summed E-state index contributed by atoms with van der Waals surface area (Å²) in [5, 5.41) is 2.83. The molecule has 0 aliphatic carbocycles. The van der Waals surface area contributed by atoms with Gasteiger partial charge in [-0.15, -0.1) is 0 Å². The van der Waals surface area contributed by atoms with Crippen LogP contribution in [-0.2, 0) is 4.79 Å². The Kier molecular flexibility index (Phi) is 2.43. The normalized spacial score (nSPS) is 22.9. The first-order valence-electron chi connectivity index (χ1n) is 5.59. The van der Waals surface area contributed by atoms with Crippen LogP contribution in [0, 0.1) is 0 Å². The van der Waals surface area contributed by atoms with Gasteiger partial charge >= 0.3 is 0 Å². The van der Waals surface area contributed by atoms with Gasteiger partial charge in [-0.25, -0.2) is 0 Å². The number of carbonyl (C=O) groups excluding carboxylic acids is 2. The maximum atomic E-state index is 12.4. The average molecular weight is 295 g/mol. The van der Waals surface area contributed by atoms with Crippen molar-refractivity contribution in [1.82, 2.24) is 4.90 Å². The van der Waals surface area contributed by atoms with Crippen LogP contribution in [0.1, 0.15) is 23.2 Å². The Hall–Kier alpha value is -1.36. The van der Waals surface area contributed by atoms with Gasteiger partial charge < -0.3 is 10.2 Å². The van der Waals surface area contributed by atoms with E-state index < -0.39 is 0 Å². The molecule has 3 rings (SSSR count). The monoisotopic (exact) mass is 294 g/mol. The predicted octanol–water partition coefficient (Wildman–Crippen LogP) is 2.01. The van der Waals surface area contributed by atoms with Gasteiger partial charge in [-0.3, -0.25) is 9.59 Å². The quantitative estimate of drug-likeness (QED) is 0.796. The Bertz CT molecular complexity index is 515. The largest absolute Gasteiger partial charge is 0.327 e. The fourth-order valence-electron chi connectivity index (χ4n) is 2.49. The van der Waals surface area contributed by atoms with Gasteiger partial charge in [-0.1, -0.05) is 6.07 Å². The highest BCUT2D eigenvalue weighted by molar-refractivity contribution is 9.10. The summed E-state index contributed by atoms with van der Waals surface area (Å²) in [6.45, 7) is 0.664. The third kappa shape index (κ3) is 1.57. The van der Waals surface area contributed by atoms with Crippen LogP contribution in [-0.4, -0.2) is 29.3 Å². The number of hydrogen-bond acceptors (Lipinski definition) is 2. The summed E-state index contributed by atoms with van der Waals surface area (Å²) in [6, 6.07) is 5.09. The van der Waals surface area contributed by atoms with Crippen LogP contribution in [0.15, 0.2) is 22.7 Å². The van der Waals surface area contributed by atoms with Crippen LogP contribution >= 0.6 is 15.9 Å². The van der Waals surface area contributed by atoms with Gasteiger partial charge in [0.2, 0.25) is 5.91 Å². The van der Waals surface area contributed by atoms with Crippen LogP contribution in [0.4, 0.5) is 5.69 Å². The number of benzene rings is 1. The number of anilines is 1. The minimum Gasteiger partial charge on any atom is -0.327 e. The number of halogens is 1. The molecule has 0 spiro atoms. The lowest BCUT2D eigenvalue weighted by Gasteiger charge is -2.20. The lowest BCUT2D eigenvalue weighted by molar-refractivity contribution is -0.119. The minimum absolute atomic E-state index is 0.0617. The highest BCUT2D eigenvalue weighted by Gasteiger charge is 2.38. The number of rotatable bonds is 0. The first-order chi connectivity index (χ1) is 8.18. The van der Waals surface area contributed by atoms with E-state index in [1.54, 1.807) is 11.0 Å². The fraction of sp³-hybridized carbons (Fsp3) is 0.333. The zero-order valence-electron chi connectivity index (χ0n) is 9.07. The van der Waals surface area contributed by atoms with Gasteiger partial charge in [-0.05, 0) is 40.9 Å². The second-order valence-electron chi connectivity index (χ2n) is 4.31. The molecule has 1 atom stereocenters. The zero-order chi connectivity index (χ0) is 12.0. The van der Waals surface area contributed by atoms with E-state index in [1.165, 1.54) is 0 Å². The third-order valence-electron chi connectivity index (χ3n) is 3.30. The first-order valence-corrected chi connectivity index (χ1v) is 6.38. The summed E-state index contributed by atoms with van der Waals surface area (Å²) < 4.78 is 0.729. The van der Waals surface area contributed by atoms with Gasteiger partial charge in [0, 0.05) is 11.0 Å². The third-order valence-corrected chi connectivity index (χ3v) is 3.96. The molecular weight excluding hydrogens is 284 g/mol. The van der Waals surface area contributed by atoms with Crippen molar-refractivity contribution >= 4 is 33.4 Å². The van der Waals surface area contributed by atoms with Gasteiger partial charge in [-0.2, -0.15) is 0 Å². The molecule has 0 unspecified atom stereocenters. The van der Waals surface area contributed by atoms with Gasteiger partial charge in [0.15, 0.2) is 0 Å². The SMILES string of the molecule is O=C1Nc2cccc(Br)c2C(=O)N2CCC[C@H]12. The number of carbonyl (C=O) groups is 2. The second-order valence-corrected chi connectivity index (χ2v) is 5.16. The Balaban J connectivity index is 2.16. The van der Waals surface area contributed by atoms with E-state index in [0.717, 1.165) is 17.3 Å². The molecular formula is C12H11BrN2O2. The fourth-order valence-corrected chi connectivity index (χ4v) is 3.02. The molecule has 17 heavy (non-hydrogen) atoms. The maximum Gasteiger partial charge on any atom is 0.257 e. The van der Waals surface area contributed by atoms with Crippen molar-refractivity contribution in [1.29, 1.82) is 0 Å². The van der Waals surface area contributed by atoms with E-state index in [2.05, 4.69) is 21.2 Å². The molecule has 0 bridgehead atoms. The average Bonchev–Trinajstić information content (AvgIpc) is 2.73. The highest BCUT2D eigenvalue weighted by atomic mass is 79.9. The molecule has 1 aromatic rings. The van der Waals surface area contributed by atoms with E-state index in [-0.39, 0.29) is 17.9 Å². The van der Waals surface area contributed by atoms with Gasteiger partial charge in [0.1, 0.15) is 6.04 Å². The summed E-state index contributed by atoms with van der Waals surface area (Å²) in [7, 11) is 0. The molecule has 88 valence electrons. The number of fused-ring (bicyclic) bond motifs is 2. The van der Waals surface area contributed by atoms with Crippen LogP contribution in [0.25, 0.3) is 0 Å². The summed E-state index contributed by atoms with van der Waals surface area (Å²) in [4.78, 5) is 26.1. The molecule has 1 aromatic carbocycles. The molecule has 2 amide bonds. The van der Waals surface area contributed by atoms with Crippen molar-refractivity contribution < 1.29 is 9.59 Å². The Morgan fingerprint density at radius 1 is 1.35 bits per heavy atom. The predicted molar refractivity (Wildman–Crippen MR) is 66.8 cm³/mol. The summed E-state index contributed by atoms with van der Waals surface area (Å²) in [5.74, 6) is -0.138. The van der Waals surface area contributed by atoms with E-state index in [4.69, 9.17) is 0 Å². The van der Waals surface area contributed by atoms with Crippen LogP contribution < -0.4 is 5.32 Å². The summed E-state index contributed by atoms with van der Waals surface area (Å²) >= 11 is 3.38. The minimum atomic E-state index is -0.304. The second kappa shape index (κ2) is 3.84. The molecule has 1 saturated heterocycles. The molecule has 2 aliphatic heterocycles. The first kappa shape index (κ1) is 10.8. The summed E-state index contributed by atoms with van der Waals surface area (Å²) in [6.07, 6.45) is 1.65. The van der Waals surface area contributed by atoms with Crippen molar-refractivity contribution in [2.24, 2.45) is 0 Å². The Morgan fingerprint density at radius 3 is 3.00 bits per heavy atom. The van der Waals surface area contributed by atoms with Crippen molar-refractivity contribution in [3.05, 3.63) is 28.2 Å². The molecule has 0 saturated carbocycles. The highest BCUT2D eigenvalue weighted by Crippen LogP contribution is 2.32. The van der Waals surface area contributed by atoms with Crippen molar-refractivity contribution in [3.8, 4) is 0 Å². The van der Waals surface area contributed by atoms with Crippen LogP contribution in [0.3, 0.4) is 0 Å². The lowest BCUT2D eigenvalue weighted by atomic mass is 10.1. The van der Waals surface area contributed by atoms with E-state index in [0.29, 0.717) is 17.8 Å². The standard InChI is InChI=1S/C12H11BrN2O2/c13-7-3-1-4-8-10(7)12(17)15-6-2-5-9(15)11(16)14-8/h1,3-4,9H,2,5-6H2,(H,14,16)/t9-/m1/s1.